The number of guanidine groups is 1. The third kappa shape index (κ3) is 6.24. The van der Waals surface area contributed by atoms with E-state index in [0.29, 0.717) is 5.56 Å². The number of rotatable bonds is 7. The van der Waals surface area contributed by atoms with Crippen LogP contribution in [-0.2, 0) is 32.2 Å². The number of amides is 2. The van der Waals surface area contributed by atoms with Crippen LogP contribution < -0.4 is 16.2 Å². The molecule has 0 bridgehead atoms. The highest BCUT2D eigenvalue weighted by molar-refractivity contribution is 7.88. The largest absolute Gasteiger partial charge is 0.465 e. The van der Waals surface area contributed by atoms with Crippen molar-refractivity contribution in [1.82, 2.24) is 9.62 Å². The lowest BCUT2D eigenvalue weighted by Gasteiger charge is -2.33. The van der Waals surface area contributed by atoms with Crippen molar-refractivity contribution in [2.45, 2.75) is 25.6 Å². The van der Waals surface area contributed by atoms with Crippen molar-refractivity contribution >= 4 is 33.7 Å². The number of nitrogens with one attached hydrogen (secondary N) is 1. The number of nitrogens with zero attached hydrogens (tertiary/aromatic N) is 3. The van der Waals surface area contributed by atoms with Gasteiger partial charge in [-0.1, -0.05) is 12.1 Å². The van der Waals surface area contributed by atoms with Gasteiger partial charge in [-0.15, -0.1) is 0 Å². The number of methoxy groups -OCH3 is 1. The zero-order valence-corrected chi connectivity index (χ0v) is 22.4. The Morgan fingerprint density at radius 2 is 1.90 bits per heavy atom. The van der Waals surface area contributed by atoms with Crippen LogP contribution >= 0.6 is 0 Å². The highest BCUT2D eigenvalue weighted by Gasteiger charge is 2.47. The predicted molar refractivity (Wildman–Crippen MR) is 137 cm³/mol. The summed E-state index contributed by atoms with van der Waals surface area (Å²) in [5, 5.41) is 9.42. The number of hydrogen-bond acceptors (Lipinski definition) is 7. The van der Waals surface area contributed by atoms with Gasteiger partial charge in [0.25, 0.3) is 0 Å². The first-order valence-electron chi connectivity index (χ1n) is 11.6. The van der Waals surface area contributed by atoms with E-state index in [1.807, 2.05) is 6.07 Å². The number of halogens is 3. The fourth-order valence-corrected chi connectivity index (χ4v) is 4.91. The molecule has 0 spiro atoms. The smallest absolute Gasteiger partial charge is 0.416 e. The van der Waals surface area contributed by atoms with Crippen LogP contribution in [0.4, 0.5) is 23.7 Å². The summed E-state index contributed by atoms with van der Waals surface area (Å²) in [6, 6.07) is 7.94. The highest BCUT2D eigenvalue weighted by Crippen LogP contribution is 2.40. The average molecular weight is 580 g/mol. The second kappa shape index (κ2) is 11.4. The number of nitriles is 1. The second-order valence-electron chi connectivity index (χ2n) is 8.79. The molecule has 1 atom stereocenters. The predicted octanol–water partition coefficient (Wildman–Crippen LogP) is 2.21. The van der Waals surface area contributed by atoms with E-state index in [9.17, 15) is 36.4 Å². The maximum absolute atomic E-state index is 13.5. The number of primary amides is 1. The molecule has 0 saturated heterocycles. The Labute approximate surface area is 228 Å². The number of carbonyl (C=O) groups excluding carboxylic acids is 2. The molecule has 40 heavy (non-hydrogen) atoms. The zero-order chi connectivity index (χ0) is 30.0. The lowest BCUT2D eigenvalue weighted by Crippen LogP contribution is -2.54. The molecule has 1 aliphatic rings. The minimum absolute atomic E-state index is 0.0335. The summed E-state index contributed by atoms with van der Waals surface area (Å²) in [5.41, 5.74) is 11.7. The van der Waals surface area contributed by atoms with Gasteiger partial charge in [0.15, 0.2) is 0 Å². The van der Waals surface area contributed by atoms with Crippen LogP contribution in [0, 0.1) is 11.3 Å². The molecule has 0 saturated carbocycles. The number of urea groups is 1. The lowest BCUT2D eigenvalue weighted by atomic mass is 9.88. The first-order chi connectivity index (χ1) is 18.6. The average Bonchev–Trinajstić information content (AvgIpc) is 2.86. The Morgan fingerprint density at radius 3 is 2.45 bits per heavy atom. The molecule has 212 valence electrons. The molecule has 1 aliphatic heterocycles. The van der Waals surface area contributed by atoms with Gasteiger partial charge in [0.2, 0.25) is 10.0 Å². The monoisotopic (exact) mass is 579 g/mol. The van der Waals surface area contributed by atoms with Gasteiger partial charge >= 0.3 is 24.1 Å². The first-order valence-corrected chi connectivity index (χ1v) is 13.4. The molecule has 2 amide bonds. The van der Waals surface area contributed by atoms with E-state index in [0.717, 1.165) is 41.0 Å². The van der Waals surface area contributed by atoms with Gasteiger partial charge < -0.3 is 10.5 Å². The van der Waals surface area contributed by atoms with Crippen molar-refractivity contribution < 1.29 is 40.5 Å². The molecule has 0 unspecified atom stereocenters. The summed E-state index contributed by atoms with van der Waals surface area (Å²) in [6.45, 7) is 1.33. The van der Waals surface area contributed by atoms with Crippen LogP contribution in [0.15, 0.2) is 53.7 Å². The Bertz CT molecular complexity index is 1580. The SMILES string of the molecule is COC(=O)C1=C(C)[N+](c2cccc(C(F)(F)F)c2)=C(N)N(C(N)=O)[C@@H]1c1ccc(C#N)cc1CCNS(C)(=O)=O. The summed E-state index contributed by atoms with van der Waals surface area (Å²) < 4.78 is 72.0. The minimum Gasteiger partial charge on any atom is -0.465 e. The van der Waals surface area contributed by atoms with E-state index in [-0.39, 0.29) is 41.1 Å². The molecule has 15 heteroatoms. The van der Waals surface area contributed by atoms with Gasteiger partial charge in [0.1, 0.15) is 17.3 Å². The van der Waals surface area contributed by atoms with E-state index >= 15 is 0 Å². The zero-order valence-electron chi connectivity index (χ0n) is 21.6. The third-order valence-electron chi connectivity index (χ3n) is 6.13. The molecule has 0 radical (unpaired) electrons. The van der Waals surface area contributed by atoms with Gasteiger partial charge in [-0.3, -0.25) is 5.73 Å². The molecule has 0 aliphatic carbocycles. The van der Waals surface area contributed by atoms with Crippen molar-refractivity contribution in [2.24, 2.45) is 11.5 Å². The standard InChI is InChI=1S/C25H25F3N6O5S/c1-14-20(22(35)39-2)21(19-8-7-15(13-29)11-16(19)9-10-32-40(3,37)38)34(24(31)36)23(30)33(14)18-6-4-5-17(12-18)25(26,27)28/h4-8,11-12,21,30,32H,9-10H2,1-3H3,(H2,31,36)/p+1/t21-/m1/s1. The topological polar surface area (TPSA) is 172 Å². The molecule has 3 rings (SSSR count). The Morgan fingerprint density at radius 1 is 1.23 bits per heavy atom. The Balaban J connectivity index is 2.31. The normalized spacial score (nSPS) is 16.1. The van der Waals surface area contributed by atoms with Crippen LogP contribution in [0.1, 0.15) is 35.2 Å². The van der Waals surface area contributed by atoms with Crippen LogP contribution in [0.2, 0.25) is 0 Å². The number of sulfonamides is 1. The van der Waals surface area contributed by atoms with Crippen molar-refractivity contribution in [2.75, 3.05) is 19.9 Å². The van der Waals surface area contributed by atoms with E-state index in [2.05, 4.69) is 4.72 Å². The molecule has 5 N–H and O–H groups in total. The number of benzene rings is 2. The summed E-state index contributed by atoms with van der Waals surface area (Å²) in [6.07, 6.45) is -3.69. The molecule has 1 heterocycles. The van der Waals surface area contributed by atoms with Crippen molar-refractivity contribution in [3.05, 3.63) is 76.0 Å². The summed E-state index contributed by atoms with van der Waals surface area (Å²) in [7, 11) is -2.48. The number of nitrogens with two attached hydrogens (primary N) is 2. The molecular weight excluding hydrogens is 553 g/mol. The second-order valence-corrected chi connectivity index (χ2v) is 10.6. The minimum atomic E-state index is -4.69. The van der Waals surface area contributed by atoms with E-state index in [4.69, 9.17) is 16.2 Å². The van der Waals surface area contributed by atoms with Crippen LogP contribution in [-0.4, -0.2) is 55.8 Å². The number of esters is 1. The Hall–Kier alpha value is -4.42. The van der Waals surface area contributed by atoms with Crippen LogP contribution in [0.5, 0.6) is 0 Å². The Kier molecular flexibility index (Phi) is 8.56. The number of carbonyl (C=O) groups is 2. The summed E-state index contributed by atoms with van der Waals surface area (Å²) in [5.74, 6) is -1.32. The fourth-order valence-electron chi connectivity index (χ4n) is 4.44. The van der Waals surface area contributed by atoms with Gasteiger partial charge in [-0.25, -0.2) is 27.3 Å². The van der Waals surface area contributed by atoms with Gasteiger partial charge in [-0.2, -0.15) is 23.3 Å². The lowest BCUT2D eigenvalue weighted by molar-refractivity contribution is -0.396. The first kappa shape index (κ1) is 30.1. The highest BCUT2D eigenvalue weighted by atomic mass is 32.2. The van der Waals surface area contributed by atoms with Gasteiger partial charge in [-0.05, 0) is 54.8 Å². The summed E-state index contributed by atoms with van der Waals surface area (Å²) in [4.78, 5) is 26.8. The quantitative estimate of drug-likeness (QED) is 0.333. The molecular formula is C25H26F3N6O5S+. The van der Waals surface area contributed by atoms with Crippen LogP contribution in [0.3, 0.4) is 0 Å². The van der Waals surface area contributed by atoms with E-state index < -0.39 is 45.8 Å². The number of hydrogen-bond donors (Lipinski definition) is 3. The van der Waals surface area contributed by atoms with Crippen LogP contribution in [0.25, 0.3) is 0 Å². The van der Waals surface area contributed by atoms with Gasteiger partial charge in [0, 0.05) is 6.54 Å². The third-order valence-corrected chi connectivity index (χ3v) is 6.86. The number of ether oxygens (including phenoxy) is 1. The molecule has 0 fully saturated rings. The molecule has 2 aromatic rings. The number of allylic oxidation sites excluding steroid dienone is 1. The number of alkyl halides is 3. The molecule has 11 nitrogen and oxygen atoms in total. The van der Waals surface area contributed by atoms with Crippen molar-refractivity contribution in [3.8, 4) is 6.07 Å². The maximum Gasteiger partial charge on any atom is 0.416 e. The summed E-state index contributed by atoms with van der Waals surface area (Å²) >= 11 is 0. The molecule has 2 aromatic carbocycles. The van der Waals surface area contributed by atoms with E-state index in [1.165, 1.54) is 31.2 Å². The van der Waals surface area contributed by atoms with Crippen molar-refractivity contribution in [1.29, 1.82) is 5.26 Å². The van der Waals surface area contributed by atoms with Gasteiger partial charge in [0.05, 0.1) is 36.3 Å². The fraction of sp³-hybridized carbons (Fsp3) is 0.280. The molecule has 0 aromatic heterocycles. The maximum atomic E-state index is 13.5. The van der Waals surface area contributed by atoms with Crippen molar-refractivity contribution in [3.63, 3.8) is 0 Å². The van der Waals surface area contributed by atoms with E-state index in [1.54, 1.807) is 0 Å².